The molecule has 0 saturated heterocycles. The minimum absolute atomic E-state index is 0.563. The summed E-state index contributed by atoms with van der Waals surface area (Å²) in [6, 6.07) is 4.50. The van der Waals surface area contributed by atoms with Gasteiger partial charge in [0.1, 0.15) is 5.82 Å². The van der Waals surface area contributed by atoms with Gasteiger partial charge in [-0.3, -0.25) is 0 Å². The van der Waals surface area contributed by atoms with E-state index in [2.05, 4.69) is 34.1 Å². The molecule has 1 saturated carbocycles. The van der Waals surface area contributed by atoms with E-state index in [-0.39, 0.29) is 0 Å². The van der Waals surface area contributed by atoms with Crippen LogP contribution >= 0.6 is 11.8 Å². The van der Waals surface area contributed by atoms with Crippen LogP contribution in [0.3, 0.4) is 0 Å². The van der Waals surface area contributed by atoms with Gasteiger partial charge in [0.2, 0.25) is 0 Å². The van der Waals surface area contributed by atoms with Crippen LogP contribution < -0.4 is 5.32 Å². The topological polar surface area (TPSA) is 42.2 Å². The summed E-state index contributed by atoms with van der Waals surface area (Å²) in [6.07, 6.45) is 7.64. The average Bonchev–Trinajstić information content (AvgIpc) is 2.99. The Morgan fingerprint density at radius 3 is 3.28 bits per heavy atom. The van der Waals surface area contributed by atoms with Gasteiger partial charge in [-0.25, -0.2) is 9.50 Å². The molecule has 96 valence electrons. The molecule has 4 nitrogen and oxygen atoms in total. The van der Waals surface area contributed by atoms with Gasteiger partial charge in [-0.15, -0.1) is 0 Å². The van der Waals surface area contributed by atoms with Crippen molar-refractivity contribution in [2.24, 2.45) is 0 Å². The second-order valence-corrected chi connectivity index (χ2v) is 6.14. The maximum absolute atomic E-state index is 4.57. The molecule has 0 aromatic carbocycles. The van der Waals surface area contributed by atoms with E-state index in [1.165, 1.54) is 25.0 Å². The molecule has 2 atom stereocenters. The van der Waals surface area contributed by atoms with Gasteiger partial charge < -0.3 is 5.32 Å². The van der Waals surface area contributed by atoms with Gasteiger partial charge in [-0.2, -0.15) is 16.9 Å². The van der Waals surface area contributed by atoms with E-state index < -0.39 is 0 Å². The molecule has 0 bridgehead atoms. The van der Waals surface area contributed by atoms with E-state index in [0.29, 0.717) is 6.04 Å². The average molecular weight is 262 g/mol. The van der Waals surface area contributed by atoms with Crippen LogP contribution in [0.1, 0.15) is 26.2 Å². The molecule has 1 aliphatic rings. The number of hydrogen-bond donors (Lipinski definition) is 1. The summed E-state index contributed by atoms with van der Waals surface area (Å²) < 4.78 is 1.79. The van der Waals surface area contributed by atoms with Gasteiger partial charge in [0.15, 0.2) is 5.65 Å². The maximum atomic E-state index is 4.57. The fraction of sp³-hybridized carbons (Fsp3) is 0.538. The standard InChI is InChI=1S/C13H18N4S/c1-2-18-11-5-3-4-10(11)15-12-7-9-17-13(16-12)6-8-14-17/h6-11H,2-5H2,1H3,(H,15,16). The molecule has 2 heterocycles. The van der Waals surface area contributed by atoms with Crippen molar-refractivity contribution in [3.8, 4) is 0 Å². The van der Waals surface area contributed by atoms with Crippen molar-refractivity contribution in [2.75, 3.05) is 11.1 Å². The largest absolute Gasteiger partial charge is 0.366 e. The van der Waals surface area contributed by atoms with E-state index in [1.54, 1.807) is 10.7 Å². The Balaban J connectivity index is 1.74. The van der Waals surface area contributed by atoms with Crippen LogP contribution in [0, 0.1) is 0 Å². The monoisotopic (exact) mass is 262 g/mol. The summed E-state index contributed by atoms with van der Waals surface area (Å²) in [6.45, 7) is 2.23. The van der Waals surface area contributed by atoms with E-state index in [0.717, 1.165) is 16.7 Å². The van der Waals surface area contributed by atoms with Gasteiger partial charge in [0, 0.05) is 23.6 Å². The molecule has 3 rings (SSSR count). The third kappa shape index (κ3) is 2.32. The first-order valence-corrected chi connectivity index (χ1v) is 7.60. The lowest BCUT2D eigenvalue weighted by molar-refractivity contribution is 0.761. The van der Waals surface area contributed by atoms with Gasteiger partial charge >= 0.3 is 0 Å². The number of rotatable bonds is 4. The second kappa shape index (κ2) is 5.18. The lowest BCUT2D eigenvalue weighted by Gasteiger charge is -2.20. The zero-order chi connectivity index (χ0) is 12.4. The van der Waals surface area contributed by atoms with Crippen LogP contribution in [-0.2, 0) is 0 Å². The minimum Gasteiger partial charge on any atom is -0.366 e. The van der Waals surface area contributed by atoms with Crippen molar-refractivity contribution < 1.29 is 0 Å². The van der Waals surface area contributed by atoms with Gasteiger partial charge in [-0.05, 0) is 24.7 Å². The molecule has 0 spiro atoms. The lowest BCUT2D eigenvalue weighted by Crippen LogP contribution is -2.26. The van der Waals surface area contributed by atoms with Gasteiger partial charge in [0.25, 0.3) is 0 Å². The van der Waals surface area contributed by atoms with E-state index in [9.17, 15) is 0 Å². The summed E-state index contributed by atoms with van der Waals surface area (Å²) in [5.74, 6) is 2.16. The van der Waals surface area contributed by atoms with Crippen molar-refractivity contribution in [1.82, 2.24) is 14.6 Å². The molecule has 5 heteroatoms. The van der Waals surface area contributed by atoms with Crippen molar-refractivity contribution in [1.29, 1.82) is 0 Å². The molecular weight excluding hydrogens is 244 g/mol. The number of hydrogen-bond acceptors (Lipinski definition) is 4. The highest BCUT2D eigenvalue weighted by atomic mass is 32.2. The van der Waals surface area contributed by atoms with Crippen molar-refractivity contribution in [3.05, 3.63) is 24.5 Å². The summed E-state index contributed by atoms with van der Waals surface area (Å²) >= 11 is 2.06. The Morgan fingerprint density at radius 2 is 2.39 bits per heavy atom. The third-order valence-corrected chi connectivity index (χ3v) is 4.75. The van der Waals surface area contributed by atoms with Crippen LogP contribution in [0.2, 0.25) is 0 Å². The first-order chi connectivity index (χ1) is 8.86. The van der Waals surface area contributed by atoms with Crippen LogP contribution in [0.4, 0.5) is 5.82 Å². The van der Waals surface area contributed by atoms with Gasteiger partial charge in [-0.1, -0.05) is 13.3 Å². The third-order valence-electron chi connectivity index (χ3n) is 3.42. The summed E-state index contributed by atoms with van der Waals surface area (Å²) in [4.78, 5) is 4.57. The number of thioether (sulfide) groups is 1. The number of nitrogens with zero attached hydrogens (tertiary/aromatic N) is 3. The Bertz CT molecular complexity index is 524. The number of anilines is 1. The summed E-state index contributed by atoms with van der Waals surface area (Å²) in [5.41, 5.74) is 0.901. The highest BCUT2D eigenvalue weighted by molar-refractivity contribution is 7.99. The predicted molar refractivity (Wildman–Crippen MR) is 76.2 cm³/mol. The highest BCUT2D eigenvalue weighted by Crippen LogP contribution is 2.31. The highest BCUT2D eigenvalue weighted by Gasteiger charge is 2.27. The predicted octanol–water partition coefficient (Wildman–Crippen LogP) is 2.82. The number of aromatic nitrogens is 3. The molecule has 1 fully saturated rings. The first kappa shape index (κ1) is 11.8. The van der Waals surface area contributed by atoms with E-state index >= 15 is 0 Å². The molecular formula is C13H18N4S. The zero-order valence-electron chi connectivity index (χ0n) is 10.5. The Kier molecular flexibility index (Phi) is 3.41. The van der Waals surface area contributed by atoms with Crippen molar-refractivity contribution in [3.63, 3.8) is 0 Å². The van der Waals surface area contributed by atoms with Crippen LogP contribution in [0.15, 0.2) is 24.5 Å². The molecule has 0 radical (unpaired) electrons. The molecule has 0 amide bonds. The van der Waals surface area contributed by atoms with Crippen molar-refractivity contribution >= 4 is 23.2 Å². The summed E-state index contributed by atoms with van der Waals surface area (Å²) in [7, 11) is 0. The minimum atomic E-state index is 0.563. The second-order valence-electron chi connectivity index (χ2n) is 4.62. The Labute approximate surface area is 111 Å². The molecule has 2 unspecified atom stereocenters. The maximum Gasteiger partial charge on any atom is 0.157 e. The van der Waals surface area contributed by atoms with Crippen LogP contribution in [-0.4, -0.2) is 31.6 Å². The molecule has 2 aromatic heterocycles. The van der Waals surface area contributed by atoms with E-state index in [4.69, 9.17) is 0 Å². The van der Waals surface area contributed by atoms with Gasteiger partial charge in [0.05, 0.1) is 6.20 Å². The fourth-order valence-electron chi connectivity index (χ4n) is 2.59. The molecule has 0 aliphatic heterocycles. The van der Waals surface area contributed by atoms with Crippen molar-refractivity contribution in [2.45, 2.75) is 37.5 Å². The number of nitrogens with one attached hydrogen (secondary N) is 1. The molecule has 18 heavy (non-hydrogen) atoms. The van der Waals surface area contributed by atoms with Crippen LogP contribution in [0.25, 0.3) is 5.65 Å². The SMILES string of the molecule is CCSC1CCCC1Nc1ccn2nccc2n1. The number of fused-ring (bicyclic) bond motifs is 1. The van der Waals surface area contributed by atoms with Crippen LogP contribution in [0.5, 0.6) is 0 Å². The summed E-state index contributed by atoms with van der Waals surface area (Å²) in [5, 5.41) is 8.48. The first-order valence-electron chi connectivity index (χ1n) is 6.55. The quantitative estimate of drug-likeness (QED) is 0.920. The Morgan fingerprint density at radius 1 is 1.44 bits per heavy atom. The smallest absolute Gasteiger partial charge is 0.157 e. The normalized spacial score (nSPS) is 23.6. The zero-order valence-corrected chi connectivity index (χ0v) is 11.4. The fourth-order valence-corrected chi connectivity index (χ4v) is 3.79. The Hall–Kier alpha value is -1.23. The van der Waals surface area contributed by atoms with E-state index in [1.807, 2.05) is 18.3 Å². The molecule has 1 N–H and O–H groups in total. The molecule has 1 aliphatic carbocycles. The molecule has 2 aromatic rings. The lowest BCUT2D eigenvalue weighted by atomic mass is 10.2.